The molecule has 3 atom stereocenters. The SMILES string of the molecule is O=C(c1ccccc1)[C@H]1[C@H](c2ccccc2)[C@H]1c1ccc(Cl)cc1. The number of benzene rings is 3. The molecule has 0 aliphatic heterocycles. The van der Waals surface area contributed by atoms with Crippen LogP contribution in [0.25, 0.3) is 0 Å². The zero-order valence-corrected chi connectivity index (χ0v) is 13.9. The summed E-state index contributed by atoms with van der Waals surface area (Å²) in [6.45, 7) is 0. The molecule has 0 bridgehead atoms. The first-order valence-corrected chi connectivity index (χ1v) is 8.53. The van der Waals surface area contributed by atoms with E-state index in [-0.39, 0.29) is 23.5 Å². The van der Waals surface area contributed by atoms with Gasteiger partial charge in [0.2, 0.25) is 0 Å². The lowest BCUT2D eigenvalue weighted by molar-refractivity contribution is 0.0963. The third-order valence-corrected chi connectivity index (χ3v) is 5.07. The maximum atomic E-state index is 13.0. The minimum absolute atomic E-state index is 0.00373. The van der Waals surface area contributed by atoms with E-state index in [4.69, 9.17) is 11.6 Å². The van der Waals surface area contributed by atoms with Crippen molar-refractivity contribution in [3.63, 3.8) is 0 Å². The second kappa shape index (κ2) is 6.26. The largest absolute Gasteiger partial charge is 0.294 e. The van der Waals surface area contributed by atoms with Crippen LogP contribution in [-0.2, 0) is 0 Å². The van der Waals surface area contributed by atoms with Gasteiger partial charge in [-0.3, -0.25) is 4.79 Å². The van der Waals surface area contributed by atoms with Crippen LogP contribution < -0.4 is 0 Å². The van der Waals surface area contributed by atoms with Crippen molar-refractivity contribution in [1.29, 1.82) is 0 Å². The van der Waals surface area contributed by atoms with Crippen LogP contribution in [0.4, 0.5) is 0 Å². The highest BCUT2D eigenvalue weighted by atomic mass is 35.5. The molecule has 24 heavy (non-hydrogen) atoms. The van der Waals surface area contributed by atoms with Gasteiger partial charge in [-0.1, -0.05) is 84.4 Å². The third kappa shape index (κ3) is 2.76. The lowest BCUT2D eigenvalue weighted by Crippen LogP contribution is -2.03. The number of carbonyl (C=O) groups is 1. The number of Topliss-reactive ketones (excluding diaryl/α,β-unsaturated/α-hetero) is 1. The van der Waals surface area contributed by atoms with Crippen molar-refractivity contribution in [2.75, 3.05) is 0 Å². The number of carbonyl (C=O) groups excluding carboxylic acids is 1. The van der Waals surface area contributed by atoms with Crippen LogP contribution in [0.5, 0.6) is 0 Å². The van der Waals surface area contributed by atoms with E-state index in [9.17, 15) is 4.79 Å². The quantitative estimate of drug-likeness (QED) is 0.558. The summed E-state index contributed by atoms with van der Waals surface area (Å²) in [7, 11) is 0. The zero-order valence-electron chi connectivity index (χ0n) is 13.1. The maximum Gasteiger partial charge on any atom is 0.167 e. The Morgan fingerprint density at radius 3 is 1.75 bits per heavy atom. The summed E-state index contributed by atoms with van der Waals surface area (Å²) in [5, 5.41) is 0.724. The molecule has 3 aromatic carbocycles. The molecule has 1 saturated carbocycles. The number of halogens is 1. The molecule has 0 radical (unpaired) electrons. The lowest BCUT2D eigenvalue weighted by atomic mass is 10.0. The van der Waals surface area contributed by atoms with Crippen LogP contribution >= 0.6 is 11.6 Å². The minimum Gasteiger partial charge on any atom is -0.294 e. The average Bonchev–Trinajstić information content (AvgIpc) is 3.39. The first-order chi connectivity index (χ1) is 11.8. The Bertz CT molecular complexity index is 840. The molecule has 0 saturated heterocycles. The monoisotopic (exact) mass is 332 g/mol. The van der Waals surface area contributed by atoms with Gasteiger partial charge in [0.1, 0.15) is 0 Å². The fourth-order valence-electron chi connectivity index (χ4n) is 3.62. The molecule has 1 aliphatic rings. The van der Waals surface area contributed by atoms with Crippen molar-refractivity contribution < 1.29 is 4.79 Å². The second-order valence-corrected chi connectivity index (χ2v) is 6.71. The smallest absolute Gasteiger partial charge is 0.167 e. The summed E-state index contributed by atoms with van der Waals surface area (Å²) >= 11 is 6.02. The molecule has 0 spiro atoms. The van der Waals surface area contributed by atoms with Gasteiger partial charge in [0.25, 0.3) is 0 Å². The minimum atomic E-state index is -0.00373. The van der Waals surface area contributed by atoms with Gasteiger partial charge in [-0.15, -0.1) is 0 Å². The van der Waals surface area contributed by atoms with E-state index >= 15 is 0 Å². The molecule has 4 rings (SSSR count). The molecule has 0 heterocycles. The van der Waals surface area contributed by atoms with Crippen LogP contribution in [0.15, 0.2) is 84.9 Å². The van der Waals surface area contributed by atoms with Gasteiger partial charge >= 0.3 is 0 Å². The molecule has 2 heteroatoms. The number of ketones is 1. The molecule has 3 aromatic rings. The van der Waals surface area contributed by atoms with Crippen molar-refractivity contribution in [2.45, 2.75) is 11.8 Å². The Morgan fingerprint density at radius 2 is 1.17 bits per heavy atom. The first kappa shape index (κ1) is 15.2. The van der Waals surface area contributed by atoms with E-state index < -0.39 is 0 Å². The Labute approximate surface area is 146 Å². The standard InChI is InChI=1S/C22H17ClO/c23-18-13-11-16(12-14-18)20-19(15-7-3-1-4-8-15)21(20)22(24)17-9-5-2-6-10-17/h1-14,19-21H/t19-,20-,21+/m1/s1. The Kier molecular flexibility index (Phi) is 3.95. The highest BCUT2D eigenvalue weighted by molar-refractivity contribution is 6.30. The fourth-order valence-corrected chi connectivity index (χ4v) is 3.75. The summed E-state index contributed by atoms with van der Waals surface area (Å²) in [5.74, 6) is 0.679. The topological polar surface area (TPSA) is 17.1 Å². The molecule has 0 unspecified atom stereocenters. The van der Waals surface area contributed by atoms with E-state index in [1.165, 1.54) is 11.1 Å². The summed E-state index contributed by atoms with van der Waals surface area (Å²) < 4.78 is 0. The molecule has 0 amide bonds. The van der Waals surface area contributed by atoms with Gasteiger partial charge in [-0.25, -0.2) is 0 Å². The van der Waals surface area contributed by atoms with Crippen LogP contribution in [0.2, 0.25) is 5.02 Å². The van der Waals surface area contributed by atoms with Gasteiger partial charge < -0.3 is 0 Å². The third-order valence-electron chi connectivity index (χ3n) is 4.82. The summed E-state index contributed by atoms with van der Waals surface area (Å²) in [6, 6.07) is 27.8. The van der Waals surface area contributed by atoms with Crippen molar-refractivity contribution in [3.8, 4) is 0 Å². The van der Waals surface area contributed by atoms with E-state index in [0.717, 1.165) is 10.6 Å². The zero-order chi connectivity index (χ0) is 16.5. The summed E-state index contributed by atoms with van der Waals surface area (Å²) in [5.41, 5.74) is 3.20. The van der Waals surface area contributed by atoms with Gasteiger partial charge in [-0.05, 0) is 23.3 Å². The Morgan fingerprint density at radius 1 is 0.667 bits per heavy atom. The highest BCUT2D eigenvalue weighted by Crippen LogP contribution is 2.61. The van der Waals surface area contributed by atoms with Gasteiger partial charge in [0, 0.05) is 28.3 Å². The maximum absolute atomic E-state index is 13.0. The number of hydrogen-bond donors (Lipinski definition) is 0. The van der Waals surface area contributed by atoms with Gasteiger partial charge in [0.05, 0.1) is 0 Å². The Balaban J connectivity index is 1.70. The number of rotatable bonds is 4. The molecule has 0 aromatic heterocycles. The fraction of sp³-hybridized carbons (Fsp3) is 0.136. The molecule has 1 fully saturated rings. The van der Waals surface area contributed by atoms with Crippen LogP contribution in [0, 0.1) is 5.92 Å². The number of hydrogen-bond acceptors (Lipinski definition) is 1. The normalized spacial score (nSPS) is 22.1. The van der Waals surface area contributed by atoms with Gasteiger partial charge in [0.15, 0.2) is 5.78 Å². The molecular formula is C22H17ClO. The van der Waals surface area contributed by atoms with Crippen LogP contribution in [0.3, 0.4) is 0 Å². The Hall–Kier alpha value is -2.38. The van der Waals surface area contributed by atoms with E-state index in [2.05, 4.69) is 12.1 Å². The van der Waals surface area contributed by atoms with E-state index in [1.54, 1.807) is 0 Å². The predicted molar refractivity (Wildman–Crippen MR) is 97.6 cm³/mol. The predicted octanol–water partition coefficient (Wildman–Crippen LogP) is 5.72. The van der Waals surface area contributed by atoms with E-state index in [1.807, 2.05) is 72.8 Å². The van der Waals surface area contributed by atoms with Crippen molar-refractivity contribution in [2.24, 2.45) is 5.92 Å². The van der Waals surface area contributed by atoms with E-state index in [0.29, 0.717) is 0 Å². The van der Waals surface area contributed by atoms with Crippen LogP contribution in [-0.4, -0.2) is 5.78 Å². The molecule has 1 aliphatic carbocycles. The van der Waals surface area contributed by atoms with Crippen molar-refractivity contribution in [1.82, 2.24) is 0 Å². The van der Waals surface area contributed by atoms with Gasteiger partial charge in [-0.2, -0.15) is 0 Å². The molecule has 1 nitrogen and oxygen atoms in total. The lowest BCUT2D eigenvalue weighted by Gasteiger charge is -2.01. The molecule has 118 valence electrons. The average molecular weight is 333 g/mol. The van der Waals surface area contributed by atoms with Crippen molar-refractivity contribution >= 4 is 17.4 Å². The second-order valence-electron chi connectivity index (χ2n) is 6.27. The highest BCUT2D eigenvalue weighted by Gasteiger charge is 2.55. The van der Waals surface area contributed by atoms with Crippen LogP contribution in [0.1, 0.15) is 33.3 Å². The van der Waals surface area contributed by atoms with Crippen molar-refractivity contribution in [3.05, 3.63) is 107 Å². The summed E-state index contributed by atoms with van der Waals surface area (Å²) in [4.78, 5) is 13.0. The summed E-state index contributed by atoms with van der Waals surface area (Å²) in [6.07, 6.45) is 0. The first-order valence-electron chi connectivity index (χ1n) is 8.15. The molecule has 0 N–H and O–H groups in total. The molecular weight excluding hydrogens is 316 g/mol.